The maximum absolute atomic E-state index is 4.75. The van der Waals surface area contributed by atoms with Crippen molar-refractivity contribution in [2.75, 3.05) is 37.4 Å². The molecule has 7 heteroatoms. The third kappa shape index (κ3) is 4.56. The molecule has 170 valence electrons. The number of aromatic nitrogens is 3. The fourth-order valence-corrected chi connectivity index (χ4v) is 5.28. The molecular formula is C26H30N6S. The third-order valence-electron chi connectivity index (χ3n) is 6.04. The zero-order valence-electron chi connectivity index (χ0n) is 19.7. The molecule has 0 radical (unpaired) electrons. The van der Waals surface area contributed by atoms with Gasteiger partial charge in [-0.25, -0.2) is 15.0 Å². The van der Waals surface area contributed by atoms with E-state index >= 15 is 0 Å². The van der Waals surface area contributed by atoms with E-state index in [1.165, 1.54) is 27.3 Å². The summed E-state index contributed by atoms with van der Waals surface area (Å²) < 4.78 is 0. The molecular weight excluding hydrogens is 428 g/mol. The molecule has 1 fully saturated rings. The van der Waals surface area contributed by atoms with Crippen molar-refractivity contribution in [1.82, 2.24) is 19.9 Å². The highest BCUT2D eigenvalue weighted by molar-refractivity contribution is 7.15. The van der Waals surface area contributed by atoms with E-state index in [1.807, 2.05) is 24.5 Å². The summed E-state index contributed by atoms with van der Waals surface area (Å²) in [6.45, 7) is 7.19. The van der Waals surface area contributed by atoms with Crippen molar-refractivity contribution in [3.05, 3.63) is 64.9 Å². The molecule has 1 aliphatic heterocycles. The largest absolute Gasteiger partial charge is 0.362 e. The monoisotopic (exact) mass is 458 g/mol. The van der Waals surface area contributed by atoms with Crippen LogP contribution in [0.5, 0.6) is 0 Å². The summed E-state index contributed by atoms with van der Waals surface area (Å²) >= 11 is 1.84. The molecule has 1 atom stereocenters. The second kappa shape index (κ2) is 9.08. The molecule has 4 heterocycles. The summed E-state index contributed by atoms with van der Waals surface area (Å²) in [6, 6.07) is 15.4. The number of fused-ring (bicyclic) bond motifs is 1. The van der Waals surface area contributed by atoms with Crippen LogP contribution >= 0.6 is 11.3 Å². The summed E-state index contributed by atoms with van der Waals surface area (Å²) in [5.74, 6) is 2.63. The molecule has 1 aromatic carbocycles. The van der Waals surface area contributed by atoms with Crippen LogP contribution in [0, 0.1) is 6.92 Å². The van der Waals surface area contributed by atoms with Crippen molar-refractivity contribution in [2.45, 2.75) is 32.9 Å². The second-order valence-electron chi connectivity index (χ2n) is 8.98. The van der Waals surface area contributed by atoms with E-state index in [-0.39, 0.29) is 6.04 Å². The molecule has 0 spiro atoms. The quantitative estimate of drug-likeness (QED) is 0.394. The van der Waals surface area contributed by atoms with Gasteiger partial charge in [0.1, 0.15) is 17.5 Å². The maximum atomic E-state index is 4.75. The van der Waals surface area contributed by atoms with Gasteiger partial charge >= 0.3 is 0 Å². The number of nitrogens with zero attached hydrogens (tertiary/aromatic N) is 5. The van der Waals surface area contributed by atoms with Gasteiger partial charge in [-0.15, -0.1) is 11.3 Å². The minimum absolute atomic E-state index is 0.128. The van der Waals surface area contributed by atoms with E-state index in [9.17, 15) is 0 Å². The molecule has 4 aromatic rings. The topological polar surface area (TPSA) is 57.2 Å². The molecule has 0 saturated carbocycles. The van der Waals surface area contributed by atoms with E-state index in [4.69, 9.17) is 4.98 Å². The van der Waals surface area contributed by atoms with Crippen LogP contribution < -0.4 is 10.2 Å². The summed E-state index contributed by atoms with van der Waals surface area (Å²) in [7, 11) is 4.22. The lowest BCUT2D eigenvalue weighted by molar-refractivity contribution is 0.403. The summed E-state index contributed by atoms with van der Waals surface area (Å²) in [5.41, 5.74) is 3.54. The fourth-order valence-electron chi connectivity index (χ4n) is 4.21. The number of aryl methyl sites for hydroxylation is 1. The van der Waals surface area contributed by atoms with Crippen LogP contribution in [0.2, 0.25) is 0 Å². The zero-order valence-corrected chi connectivity index (χ0v) is 20.5. The van der Waals surface area contributed by atoms with Crippen LogP contribution in [0.3, 0.4) is 0 Å². The first-order valence-electron chi connectivity index (χ1n) is 11.5. The Hall–Kier alpha value is -3.03. The number of rotatable bonds is 7. The van der Waals surface area contributed by atoms with Crippen LogP contribution in [0.25, 0.3) is 21.3 Å². The van der Waals surface area contributed by atoms with Crippen molar-refractivity contribution in [1.29, 1.82) is 0 Å². The normalized spacial score (nSPS) is 14.5. The van der Waals surface area contributed by atoms with Gasteiger partial charge in [-0.3, -0.25) is 0 Å². The molecule has 0 bridgehead atoms. The predicted molar refractivity (Wildman–Crippen MR) is 138 cm³/mol. The highest BCUT2D eigenvalue weighted by Crippen LogP contribution is 2.35. The minimum atomic E-state index is 0.128. The van der Waals surface area contributed by atoms with Gasteiger partial charge in [0.15, 0.2) is 0 Å². The lowest BCUT2D eigenvalue weighted by Crippen LogP contribution is -2.37. The molecule has 1 N–H and O–H groups in total. The first kappa shape index (κ1) is 21.8. The molecule has 0 amide bonds. The molecule has 3 aromatic heterocycles. The van der Waals surface area contributed by atoms with E-state index in [2.05, 4.69) is 88.6 Å². The average molecular weight is 459 g/mol. The van der Waals surface area contributed by atoms with E-state index in [0.717, 1.165) is 48.0 Å². The smallest absolute Gasteiger partial charge is 0.138 e. The SMILES string of the molecule is Cc1nc(NC(C)c2ccc(-c3ccccc3CN(C)C)s2)c2cc(N3CCC3)ncc2n1. The Morgan fingerprint density at radius 3 is 2.70 bits per heavy atom. The minimum Gasteiger partial charge on any atom is -0.362 e. The average Bonchev–Trinajstić information content (AvgIpc) is 3.23. The van der Waals surface area contributed by atoms with Gasteiger partial charge in [-0.05, 0) is 63.7 Å². The number of benzene rings is 1. The van der Waals surface area contributed by atoms with Gasteiger partial charge in [0.2, 0.25) is 0 Å². The van der Waals surface area contributed by atoms with Crippen molar-refractivity contribution < 1.29 is 0 Å². The Morgan fingerprint density at radius 2 is 1.94 bits per heavy atom. The van der Waals surface area contributed by atoms with Crippen LogP contribution in [-0.2, 0) is 6.54 Å². The van der Waals surface area contributed by atoms with E-state index in [0.29, 0.717) is 0 Å². The summed E-state index contributed by atoms with van der Waals surface area (Å²) in [4.78, 5) is 21.1. The Bertz CT molecular complexity index is 1280. The van der Waals surface area contributed by atoms with Crippen molar-refractivity contribution in [3.63, 3.8) is 0 Å². The van der Waals surface area contributed by atoms with Gasteiger partial charge < -0.3 is 15.1 Å². The van der Waals surface area contributed by atoms with Crippen molar-refractivity contribution >= 4 is 33.9 Å². The fraction of sp³-hybridized carbons (Fsp3) is 0.346. The molecule has 1 unspecified atom stereocenters. The highest BCUT2D eigenvalue weighted by Gasteiger charge is 2.19. The Balaban J connectivity index is 1.43. The van der Waals surface area contributed by atoms with E-state index in [1.54, 1.807) is 0 Å². The van der Waals surface area contributed by atoms with Crippen LogP contribution in [0.4, 0.5) is 11.6 Å². The number of nitrogens with one attached hydrogen (secondary N) is 1. The van der Waals surface area contributed by atoms with Gasteiger partial charge in [0.05, 0.1) is 17.8 Å². The van der Waals surface area contributed by atoms with Crippen molar-refractivity contribution in [3.8, 4) is 10.4 Å². The van der Waals surface area contributed by atoms with Crippen LogP contribution in [0.15, 0.2) is 48.7 Å². The number of anilines is 2. The molecule has 6 nitrogen and oxygen atoms in total. The first-order chi connectivity index (χ1) is 16.0. The van der Waals surface area contributed by atoms with E-state index < -0.39 is 0 Å². The lowest BCUT2D eigenvalue weighted by atomic mass is 10.1. The second-order valence-corrected chi connectivity index (χ2v) is 10.1. The third-order valence-corrected chi connectivity index (χ3v) is 7.34. The number of thiophene rings is 1. The molecule has 1 saturated heterocycles. The first-order valence-corrected chi connectivity index (χ1v) is 12.3. The summed E-state index contributed by atoms with van der Waals surface area (Å²) in [6.07, 6.45) is 3.10. The standard InChI is InChI=1S/C26H30N6S/c1-17(23-10-11-24(33-23)20-9-6-5-8-19(20)16-31(3)4)28-26-21-14-25(32-12-7-13-32)27-15-22(21)29-18(2)30-26/h5-6,8-11,14-15,17H,7,12-13,16H2,1-4H3,(H,28,29,30). The highest BCUT2D eigenvalue weighted by atomic mass is 32.1. The number of pyridine rings is 1. The zero-order chi connectivity index (χ0) is 22.9. The van der Waals surface area contributed by atoms with Gasteiger partial charge in [0.25, 0.3) is 0 Å². The molecule has 0 aliphatic carbocycles. The van der Waals surface area contributed by atoms with Gasteiger partial charge in [0, 0.05) is 34.8 Å². The number of hydrogen-bond donors (Lipinski definition) is 1. The van der Waals surface area contributed by atoms with Crippen LogP contribution in [0.1, 0.15) is 35.7 Å². The molecule has 1 aliphatic rings. The molecule has 5 rings (SSSR count). The van der Waals surface area contributed by atoms with Crippen LogP contribution in [-0.4, -0.2) is 47.0 Å². The Morgan fingerprint density at radius 1 is 1.12 bits per heavy atom. The van der Waals surface area contributed by atoms with Crippen molar-refractivity contribution in [2.24, 2.45) is 0 Å². The predicted octanol–water partition coefficient (Wildman–Crippen LogP) is 5.51. The Labute approximate surface area is 199 Å². The van der Waals surface area contributed by atoms with Gasteiger partial charge in [-0.1, -0.05) is 24.3 Å². The summed E-state index contributed by atoms with van der Waals surface area (Å²) in [5, 5.41) is 4.69. The maximum Gasteiger partial charge on any atom is 0.138 e. The number of hydrogen-bond acceptors (Lipinski definition) is 7. The lowest BCUT2D eigenvalue weighted by Gasteiger charge is -2.32. The van der Waals surface area contributed by atoms with Gasteiger partial charge in [-0.2, -0.15) is 0 Å². The molecule has 33 heavy (non-hydrogen) atoms. The Kier molecular flexibility index (Phi) is 6.00.